The normalized spacial score (nSPS) is 35.9. The largest absolute Gasteiger partial charge is 0.463 e. The van der Waals surface area contributed by atoms with Gasteiger partial charge in [-0.25, -0.2) is 4.99 Å². The van der Waals surface area contributed by atoms with Gasteiger partial charge in [0.1, 0.15) is 12.7 Å². The first-order valence-electron chi connectivity index (χ1n) is 15.4. The summed E-state index contributed by atoms with van der Waals surface area (Å²) in [5.74, 6) is 1.72. The van der Waals surface area contributed by atoms with Gasteiger partial charge in [0.15, 0.2) is 24.5 Å². The van der Waals surface area contributed by atoms with E-state index in [1.54, 1.807) is 0 Å². The number of fused-ring (bicyclic) bond motifs is 1. The van der Waals surface area contributed by atoms with Crippen molar-refractivity contribution in [2.24, 2.45) is 28.2 Å². The Morgan fingerprint density at radius 1 is 0.881 bits per heavy atom. The van der Waals surface area contributed by atoms with Crippen LogP contribution in [0.5, 0.6) is 0 Å². The second-order valence-electron chi connectivity index (χ2n) is 12.7. The number of ether oxygens (including phenoxy) is 5. The van der Waals surface area contributed by atoms with E-state index in [1.165, 1.54) is 51.8 Å². The molecule has 0 aromatic rings. The molecule has 0 unspecified atom stereocenters. The summed E-state index contributed by atoms with van der Waals surface area (Å²) < 4.78 is 28.0. The lowest BCUT2D eigenvalue weighted by Gasteiger charge is -2.55. The number of esters is 3. The number of nitrogens with zero attached hydrogens (tertiary/aromatic N) is 1. The number of amides is 1. The van der Waals surface area contributed by atoms with Crippen LogP contribution in [-0.4, -0.2) is 78.6 Å². The van der Waals surface area contributed by atoms with Gasteiger partial charge < -0.3 is 29.0 Å². The summed E-state index contributed by atoms with van der Waals surface area (Å²) >= 11 is 1.45. The number of hydrogen-bond donors (Lipinski definition) is 1. The molecule has 5 atom stereocenters. The first kappa shape index (κ1) is 31.1. The molecule has 1 saturated heterocycles. The highest BCUT2D eigenvalue weighted by Crippen LogP contribution is 2.60. The molecule has 0 spiro atoms. The number of thioether (sulfide) groups is 1. The third-order valence-electron chi connectivity index (χ3n) is 9.24. The summed E-state index contributed by atoms with van der Waals surface area (Å²) in [5.41, 5.74) is -0.0819. The van der Waals surface area contributed by atoms with E-state index in [9.17, 15) is 19.2 Å². The van der Waals surface area contributed by atoms with Gasteiger partial charge in [-0.15, -0.1) is 0 Å². The van der Waals surface area contributed by atoms with Crippen molar-refractivity contribution >= 4 is 40.8 Å². The Morgan fingerprint density at radius 2 is 1.50 bits per heavy atom. The van der Waals surface area contributed by atoms with Crippen LogP contribution in [0.3, 0.4) is 0 Å². The minimum Gasteiger partial charge on any atom is -0.463 e. The van der Waals surface area contributed by atoms with E-state index < -0.39 is 48.6 Å². The Morgan fingerprint density at radius 3 is 2.12 bits per heavy atom. The molecule has 1 amide bonds. The monoisotopic (exact) mass is 608 g/mol. The number of aliphatic imine (C=N–C) groups is 1. The van der Waals surface area contributed by atoms with E-state index in [2.05, 4.69) is 10.3 Å². The summed E-state index contributed by atoms with van der Waals surface area (Å²) in [6, 6.07) is 0. The Kier molecular flexibility index (Phi) is 10.0. The summed E-state index contributed by atoms with van der Waals surface area (Å²) in [4.78, 5) is 52.7. The van der Waals surface area contributed by atoms with Crippen molar-refractivity contribution in [1.29, 1.82) is 0 Å². The van der Waals surface area contributed by atoms with Gasteiger partial charge in [0.25, 0.3) is 0 Å². The third kappa shape index (κ3) is 7.41. The molecular formula is C30H44N2O9S. The molecule has 2 aliphatic heterocycles. The molecule has 6 rings (SSSR count). The average molecular weight is 609 g/mol. The molecule has 11 nitrogen and oxygen atoms in total. The average Bonchev–Trinajstić information content (AvgIpc) is 3.31. The fraction of sp³-hybridized carbons (Fsp3) is 0.833. The number of carbonyl (C=O) groups is 4. The summed E-state index contributed by atoms with van der Waals surface area (Å²) in [5, 5.41) is 3.68. The molecule has 5 fully saturated rings. The minimum absolute atomic E-state index is 0.0819. The molecule has 12 heteroatoms. The van der Waals surface area contributed by atoms with E-state index in [0.29, 0.717) is 11.1 Å². The Bertz CT molecular complexity index is 1030. The van der Waals surface area contributed by atoms with Crippen LogP contribution in [0, 0.1) is 23.2 Å². The van der Waals surface area contributed by atoms with Crippen LogP contribution in [-0.2, 0) is 42.9 Å². The van der Waals surface area contributed by atoms with Gasteiger partial charge in [-0.3, -0.25) is 19.2 Å². The molecule has 0 radical (unpaired) electrons. The minimum atomic E-state index is -1.02. The van der Waals surface area contributed by atoms with E-state index in [1.807, 2.05) is 0 Å². The predicted molar refractivity (Wildman–Crippen MR) is 153 cm³/mol. The molecule has 234 valence electrons. The lowest BCUT2D eigenvalue weighted by Crippen LogP contribution is -2.60. The van der Waals surface area contributed by atoms with Crippen molar-refractivity contribution in [3.8, 4) is 0 Å². The van der Waals surface area contributed by atoms with Crippen molar-refractivity contribution in [2.75, 3.05) is 18.9 Å². The van der Waals surface area contributed by atoms with Crippen molar-refractivity contribution in [3.05, 3.63) is 0 Å². The van der Waals surface area contributed by atoms with Crippen molar-refractivity contribution in [3.63, 3.8) is 0 Å². The van der Waals surface area contributed by atoms with Gasteiger partial charge in [0, 0.05) is 38.5 Å². The maximum Gasteiger partial charge on any atom is 0.303 e. The van der Waals surface area contributed by atoms with Gasteiger partial charge >= 0.3 is 17.9 Å². The zero-order valence-corrected chi connectivity index (χ0v) is 25.7. The second-order valence-corrected chi connectivity index (χ2v) is 13.8. The van der Waals surface area contributed by atoms with Crippen molar-refractivity contribution in [2.45, 2.75) is 116 Å². The van der Waals surface area contributed by atoms with E-state index in [4.69, 9.17) is 23.7 Å². The van der Waals surface area contributed by atoms with Gasteiger partial charge in [-0.1, -0.05) is 24.6 Å². The molecule has 2 heterocycles. The standard InChI is InChI=1S/C30H44N2O9S/c1-17(33)37-16-23-24(38-18(2)34)25(39-19(3)35)26-27(40-23)32-29(41-26)42-9-7-5-4-6-8-31-28(36)30-13-20-10-21(14-30)12-22(11-20)15-30/h20-27H,4-16H2,1-3H3,(H,31,36)/t20?,21?,22?,23-,24-,25+,26-,27+,30?/m1/s1. The van der Waals surface area contributed by atoms with Crippen LogP contribution in [0.1, 0.15) is 85.0 Å². The zero-order valence-electron chi connectivity index (χ0n) is 24.8. The SMILES string of the molecule is CC(=O)OC[C@H]1O[C@@H]2N=C(SCCCCCCNC(=O)C34CC5CC(CC(C5)C3)C4)O[C@@H]2[C@@H](OC(C)=O)[C@@H]1OC(C)=O. The highest BCUT2D eigenvalue weighted by molar-refractivity contribution is 8.13. The summed E-state index contributed by atoms with van der Waals surface area (Å²) in [6.45, 7) is 4.32. The second kappa shape index (κ2) is 13.5. The van der Waals surface area contributed by atoms with E-state index in [0.717, 1.165) is 75.0 Å². The molecule has 4 aliphatic carbocycles. The van der Waals surface area contributed by atoms with E-state index in [-0.39, 0.29) is 12.0 Å². The highest BCUT2D eigenvalue weighted by Gasteiger charge is 2.55. The molecule has 0 aromatic carbocycles. The first-order valence-corrected chi connectivity index (χ1v) is 16.4. The smallest absolute Gasteiger partial charge is 0.303 e. The Hall–Kier alpha value is -2.34. The first-order chi connectivity index (χ1) is 20.1. The molecule has 42 heavy (non-hydrogen) atoms. The zero-order chi connectivity index (χ0) is 29.9. The van der Waals surface area contributed by atoms with Gasteiger partial charge in [-0.05, 0) is 69.1 Å². The van der Waals surface area contributed by atoms with Gasteiger partial charge in [-0.2, -0.15) is 0 Å². The number of hydrogen-bond acceptors (Lipinski definition) is 11. The highest BCUT2D eigenvalue weighted by atomic mass is 32.2. The van der Waals surface area contributed by atoms with Crippen LogP contribution >= 0.6 is 11.8 Å². The van der Waals surface area contributed by atoms with E-state index >= 15 is 0 Å². The van der Waals surface area contributed by atoms with Gasteiger partial charge in [0.05, 0.1) is 0 Å². The molecule has 1 N–H and O–H groups in total. The van der Waals surface area contributed by atoms with Crippen LogP contribution in [0.4, 0.5) is 0 Å². The fourth-order valence-electron chi connectivity index (χ4n) is 7.96. The number of rotatable bonds is 12. The summed E-state index contributed by atoms with van der Waals surface area (Å²) in [6.07, 6.45) is 6.84. The molecule has 4 saturated carbocycles. The predicted octanol–water partition coefficient (Wildman–Crippen LogP) is 3.52. The number of nitrogens with one attached hydrogen (secondary N) is 1. The number of unbranched alkanes of at least 4 members (excludes halogenated alkanes) is 3. The number of carbonyl (C=O) groups excluding carboxylic acids is 4. The van der Waals surface area contributed by atoms with Crippen molar-refractivity contribution < 1.29 is 42.9 Å². The van der Waals surface area contributed by atoms with Gasteiger partial charge in [0.2, 0.25) is 11.1 Å². The van der Waals surface area contributed by atoms with Crippen molar-refractivity contribution in [1.82, 2.24) is 5.32 Å². The van der Waals surface area contributed by atoms with Crippen LogP contribution in [0.25, 0.3) is 0 Å². The Labute approximate surface area is 251 Å². The maximum absolute atomic E-state index is 13.1. The lowest BCUT2D eigenvalue weighted by molar-refractivity contribution is -0.236. The lowest BCUT2D eigenvalue weighted by atomic mass is 9.49. The topological polar surface area (TPSA) is 139 Å². The molecule has 6 aliphatic rings. The fourth-order valence-corrected chi connectivity index (χ4v) is 8.84. The van der Waals surface area contributed by atoms with Crippen LogP contribution in [0.15, 0.2) is 4.99 Å². The van der Waals surface area contributed by atoms with Crippen LogP contribution < -0.4 is 5.32 Å². The molecule has 0 aromatic heterocycles. The quantitative estimate of drug-likeness (QED) is 0.199. The molecule has 4 bridgehead atoms. The third-order valence-corrected chi connectivity index (χ3v) is 10.2. The molecular weight excluding hydrogens is 564 g/mol. The summed E-state index contributed by atoms with van der Waals surface area (Å²) in [7, 11) is 0. The maximum atomic E-state index is 13.1. The van der Waals surface area contributed by atoms with Crippen LogP contribution in [0.2, 0.25) is 0 Å². The Balaban J connectivity index is 1.03.